The van der Waals surface area contributed by atoms with Crippen LogP contribution in [-0.2, 0) is 9.53 Å². The molecule has 0 aliphatic carbocycles. The molecule has 0 aliphatic heterocycles. The Balaban J connectivity index is 4.19. The van der Waals surface area contributed by atoms with Crippen molar-refractivity contribution in [1.29, 1.82) is 0 Å². The van der Waals surface area contributed by atoms with Crippen LogP contribution in [0, 0.1) is 5.92 Å². The van der Waals surface area contributed by atoms with Gasteiger partial charge in [0, 0.05) is 0 Å². The number of esters is 1. The van der Waals surface area contributed by atoms with Crippen LogP contribution in [0.15, 0.2) is 0 Å². The summed E-state index contributed by atoms with van der Waals surface area (Å²) in [4.78, 5) is 11.5. The van der Waals surface area contributed by atoms with E-state index in [-0.39, 0.29) is 12.0 Å². The number of methoxy groups -OCH3 is 1. The normalized spacial score (nSPS) is 14.1. The van der Waals surface area contributed by atoms with Gasteiger partial charge < -0.3 is 10.1 Å². The highest BCUT2D eigenvalue weighted by Gasteiger charge is 2.22. The molecule has 0 aromatic rings. The molecular formula is C11H25NO2Si. The van der Waals surface area contributed by atoms with E-state index in [1.807, 2.05) is 0 Å². The fourth-order valence-electron chi connectivity index (χ4n) is 1.31. The zero-order valence-electron chi connectivity index (χ0n) is 10.9. The number of nitrogens with one attached hydrogen (secondary N) is 1. The highest BCUT2D eigenvalue weighted by atomic mass is 28.3. The molecule has 0 bridgehead atoms. The lowest BCUT2D eigenvalue weighted by Gasteiger charge is -2.23. The smallest absolute Gasteiger partial charge is 0.322 e. The van der Waals surface area contributed by atoms with E-state index in [9.17, 15) is 4.79 Å². The zero-order chi connectivity index (χ0) is 12.1. The fraction of sp³-hybridized carbons (Fsp3) is 0.909. The Morgan fingerprint density at radius 2 is 1.87 bits per heavy atom. The second-order valence-electron chi connectivity index (χ2n) is 5.65. The van der Waals surface area contributed by atoms with Crippen molar-refractivity contribution in [1.82, 2.24) is 5.32 Å². The quantitative estimate of drug-likeness (QED) is 0.561. The van der Waals surface area contributed by atoms with Crippen LogP contribution in [0.25, 0.3) is 0 Å². The molecular weight excluding hydrogens is 206 g/mol. The lowest BCUT2D eigenvalue weighted by atomic mass is 10.0. The van der Waals surface area contributed by atoms with Crippen molar-refractivity contribution in [3.05, 3.63) is 0 Å². The van der Waals surface area contributed by atoms with E-state index in [1.165, 1.54) is 7.11 Å². The third-order valence-electron chi connectivity index (χ3n) is 2.07. The summed E-state index contributed by atoms with van der Waals surface area (Å²) >= 11 is 0. The van der Waals surface area contributed by atoms with Crippen LogP contribution in [0.1, 0.15) is 20.3 Å². The first-order chi connectivity index (χ1) is 6.76. The van der Waals surface area contributed by atoms with Crippen molar-refractivity contribution >= 4 is 14.0 Å². The Labute approximate surface area is 94.6 Å². The van der Waals surface area contributed by atoms with Crippen molar-refractivity contribution in [3.8, 4) is 0 Å². The predicted octanol–water partition coefficient (Wildman–Crippen LogP) is 2.04. The molecule has 0 spiro atoms. The van der Waals surface area contributed by atoms with E-state index >= 15 is 0 Å². The van der Waals surface area contributed by atoms with Gasteiger partial charge in [-0.05, 0) is 18.5 Å². The van der Waals surface area contributed by atoms with E-state index in [0.717, 1.165) is 12.6 Å². The van der Waals surface area contributed by atoms with E-state index in [4.69, 9.17) is 4.74 Å². The summed E-state index contributed by atoms with van der Waals surface area (Å²) in [5.74, 6) is 0.366. The Hall–Kier alpha value is -0.353. The third-order valence-corrected chi connectivity index (χ3v) is 3.34. The molecule has 0 fully saturated rings. The maximum atomic E-state index is 11.5. The molecule has 3 nitrogen and oxygen atoms in total. The lowest BCUT2D eigenvalue weighted by molar-refractivity contribution is -0.143. The second-order valence-corrected chi connectivity index (χ2v) is 11.1. The largest absolute Gasteiger partial charge is 0.468 e. The number of rotatable bonds is 6. The van der Waals surface area contributed by atoms with Crippen molar-refractivity contribution in [2.75, 3.05) is 13.3 Å². The molecule has 0 aliphatic rings. The van der Waals surface area contributed by atoms with E-state index in [1.54, 1.807) is 0 Å². The highest BCUT2D eigenvalue weighted by molar-refractivity contribution is 6.76. The van der Waals surface area contributed by atoms with E-state index < -0.39 is 8.07 Å². The van der Waals surface area contributed by atoms with Crippen molar-refractivity contribution in [2.24, 2.45) is 5.92 Å². The summed E-state index contributed by atoms with van der Waals surface area (Å²) in [5, 5.41) is 3.33. The first-order valence-corrected chi connectivity index (χ1v) is 9.28. The highest BCUT2D eigenvalue weighted by Crippen LogP contribution is 2.07. The molecule has 90 valence electrons. The van der Waals surface area contributed by atoms with Gasteiger partial charge in [0.05, 0.1) is 15.2 Å². The number of carbonyl (C=O) groups excluding carboxylic acids is 1. The zero-order valence-corrected chi connectivity index (χ0v) is 11.9. The second kappa shape index (κ2) is 6.28. The molecule has 0 radical (unpaired) electrons. The van der Waals surface area contributed by atoms with E-state index in [2.05, 4.69) is 38.8 Å². The molecule has 4 heteroatoms. The maximum absolute atomic E-state index is 11.5. The van der Waals surface area contributed by atoms with Crippen LogP contribution in [0.3, 0.4) is 0 Å². The molecule has 0 aromatic heterocycles. The summed E-state index contributed by atoms with van der Waals surface area (Å²) in [5.41, 5.74) is 0. The number of hydrogen-bond donors (Lipinski definition) is 1. The monoisotopic (exact) mass is 231 g/mol. The van der Waals surface area contributed by atoms with Gasteiger partial charge in [0.2, 0.25) is 0 Å². The first kappa shape index (κ1) is 14.6. The van der Waals surface area contributed by atoms with Gasteiger partial charge in [-0.15, -0.1) is 0 Å². The minimum absolute atomic E-state index is 0.137. The van der Waals surface area contributed by atoms with E-state index in [0.29, 0.717) is 5.92 Å². The molecule has 0 saturated carbocycles. The van der Waals surface area contributed by atoms with Crippen LogP contribution < -0.4 is 5.32 Å². The number of carbonyl (C=O) groups is 1. The van der Waals surface area contributed by atoms with Crippen LogP contribution in [0.2, 0.25) is 19.6 Å². The molecule has 0 aromatic carbocycles. The van der Waals surface area contributed by atoms with Crippen LogP contribution in [0.4, 0.5) is 0 Å². The van der Waals surface area contributed by atoms with Crippen molar-refractivity contribution in [3.63, 3.8) is 0 Å². The molecule has 0 amide bonds. The van der Waals surface area contributed by atoms with Gasteiger partial charge in [-0.2, -0.15) is 0 Å². The number of ether oxygens (including phenoxy) is 1. The van der Waals surface area contributed by atoms with Gasteiger partial charge in [0.1, 0.15) is 6.04 Å². The summed E-state index contributed by atoms with van der Waals surface area (Å²) in [7, 11) is 0.302. The van der Waals surface area contributed by atoms with Crippen molar-refractivity contribution < 1.29 is 9.53 Å². The molecule has 0 saturated heterocycles. The Bertz CT molecular complexity index is 199. The molecule has 0 rings (SSSR count). The average molecular weight is 231 g/mol. The van der Waals surface area contributed by atoms with Gasteiger partial charge in [-0.1, -0.05) is 33.5 Å². The summed E-state index contributed by atoms with van der Waals surface area (Å²) < 4.78 is 4.79. The van der Waals surface area contributed by atoms with Gasteiger partial charge in [-0.25, -0.2) is 0 Å². The Morgan fingerprint density at radius 1 is 1.33 bits per heavy atom. The maximum Gasteiger partial charge on any atom is 0.322 e. The van der Waals surface area contributed by atoms with Crippen LogP contribution >= 0.6 is 0 Å². The Kier molecular flexibility index (Phi) is 6.13. The standard InChI is InChI=1S/C11H25NO2Si/c1-9(2)7-10(11(13)14-3)12-8-15(4,5)6/h9-10,12H,7-8H2,1-6H3/t10-/m0/s1. The van der Waals surface area contributed by atoms with Gasteiger partial charge in [0.15, 0.2) is 0 Å². The Morgan fingerprint density at radius 3 is 2.20 bits per heavy atom. The van der Waals surface area contributed by atoms with Crippen LogP contribution in [0.5, 0.6) is 0 Å². The topological polar surface area (TPSA) is 38.3 Å². The fourth-order valence-corrected chi connectivity index (χ4v) is 2.16. The summed E-state index contributed by atoms with van der Waals surface area (Å²) in [6.45, 7) is 11.1. The third kappa shape index (κ3) is 7.56. The SMILES string of the molecule is COC(=O)[C@H](CC(C)C)NC[Si](C)(C)C. The minimum Gasteiger partial charge on any atom is -0.468 e. The lowest BCUT2D eigenvalue weighted by Crippen LogP contribution is -2.46. The van der Waals surface area contributed by atoms with Gasteiger partial charge in [-0.3, -0.25) is 4.79 Å². The van der Waals surface area contributed by atoms with Gasteiger partial charge in [0.25, 0.3) is 0 Å². The van der Waals surface area contributed by atoms with Crippen LogP contribution in [-0.4, -0.2) is 33.4 Å². The molecule has 1 atom stereocenters. The summed E-state index contributed by atoms with van der Waals surface area (Å²) in [6.07, 6.45) is 1.80. The van der Waals surface area contributed by atoms with Crippen molar-refractivity contribution in [2.45, 2.75) is 46.0 Å². The molecule has 1 N–H and O–H groups in total. The molecule has 0 heterocycles. The first-order valence-electron chi connectivity index (χ1n) is 5.57. The van der Waals surface area contributed by atoms with Gasteiger partial charge >= 0.3 is 5.97 Å². The summed E-state index contributed by atoms with van der Waals surface area (Å²) in [6, 6.07) is -0.137. The number of hydrogen-bond acceptors (Lipinski definition) is 3. The molecule has 0 unspecified atom stereocenters. The average Bonchev–Trinajstić information content (AvgIpc) is 2.09. The predicted molar refractivity (Wildman–Crippen MR) is 66.6 cm³/mol. The molecule has 15 heavy (non-hydrogen) atoms. The minimum atomic E-state index is -1.15.